The van der Waals surface area contributed by atoms with Gasteiger partial charge in [-0.2, -0.15) is 0 Å². The summed E-state index contributed by atoms with van der Waals surface area (Å²) in [5.74, 6) is -1.49. The first kappa shape index (κ1) is 13.8. The van der Waals surface area contributed by atoms with E-state index in [0.29, 0.717) is 24.3 Å². The zero-order valence-corrected chi connectivity index (χ0v) is 11.0. The SMILES string of the molecule is COc1ccc(F)cc1C1CC(C)NCC1C(=O)O. The van der Waals surface area contributed by atoms with Gasteiger partial charge in [0.2, 0.25) is 0 Å². The zero-order chi connectivity index (χ0) is 14.0. The third-order valence-electron chi connectivity index (χ3n) is 3.69. The number of aliphatic carboxylic acids is 1. The number of nitrogens with one attached hydrogen (secondary N) is 1. The highest BCUT2D eigenvalue weighted by Crippen LogP contribution is 2.38. The summed E-state index contributed by atoms with van der Waals surface area (Å²) in [4.78, 5) is 11.4. The molecular weight excluding hydrogens is 249 g/mol. The fourth-order valence-corrected chi connectivity index (χ4v) is 2.70. The first-order chi connectivity index (χ1) is 9.02. The number of carboxylic acid groups (broad SMARTS) is 1. The molecule has 1 aliphatic heterocycles. The number of methoxy groups -OCH3 is 1. The Kier molecular flexibility index (Phi) is 4.04. The molecule has 0 amide bonds. The molecule has 1 aromatic rings. The fourth-order valence-electron chi connectivity index (χ4n) is 2.70. The normalized spacial score (nSPS) is 27.0. The molecule has 3 atom stereocenters. The van der Waals surface area contributed by atoms with Crippen molar-refractivity contribution in [2.24, 2.45) is 5.92 Å². The smallest absolute Gasteiger partial charge is 0.308 e. The van der Waals surface area contributed by atoms with Crippen LogP contribution < -0.4 is 10.1 Å². The van der Waals surface area contributed by atoms with Crippen LogP contribution in [-0.4, -0.2) is 30.8 Å². The molecule has 0 spiro atoms. The Hall–Kier alpha value is -1.62. The van der Waals surface area contributed by atoms with Gasteiger partial charge in [-0.05, 0) is 31.5 Å². The Morgan fingerprint density at radius 2 is 2.26 bits per heavy atom. The molecule has 0 radical (unpaired) electrons. The molecule has 0 aromatic heterocycles. The molecule has 2 rings (SSSR count). The summed E-state index contributed by atoms with van der Waals surface area (Å²) in [5.41, 5.74) is 0.642. The van der Waals surface area contributed by atoms with Crippen LogP contribution in [0, 0.1) is 11.7 Å². The van der Waals surface area contributed by atoms with Gasteiger partial charge in [0.1, 0.15) is 11.6 Å². The van der Waals surface area contributed by atoms with Gasteiger partial charge >= 0.3 is 5.97 Å². The van der Waals surface area contributed by atoms with Crippen molar-refractivity contribution in [3.05, 3.63) is 29.6 Å². The van der Waals surface area contributed by atoms with Crippen LogP contribution in [0.5, 0.6) is 5.75 Å². The maximum Gasteiger partial charge on any atom is 0.308 e. The number of carbonyl (C=O) groups is 1. The lowest BCUT2D eigenvalue weighted by Gasteiger charge is -2.34. The van der Waals surface area contributed by atoms with Gasteiger partial charge in [0.25, 0.3) is 0 Å². The molecule has 1 aromatic carbocycles. The van der Waals surface area contributed by atoms with Gasteiger partial charge in [-0.25, -0.2) is 4.39 Å². The van der Waals surface area contributed by atoms with Gasteiger partial charge in [0.15, 0.2) is 0 Å². The fraction of sp³-hybridized carbons (Fsp3) is 0.500. The first-order valence-corrected chi connectivity index (χ1v) is 6.32. The van der Waals surface area contributed by atoms with Crippen molar-refractivity contribution in [2.45, 2.75) is 25.3 Å². The minimum atomic E-state index is -0.865. The summed E-state index contributed by atoms with van der Waals surface area (Å²) < 4.78 is 18.7. The molecule has 0 saturated carbocycles. The van der Waals surface area contributed by atoms with Crippen LogP contribution in [0.1, 0.15) is 24.8 Å². The predicted molar refractivity (Wildman–Crippen MR) is 68.9 cm³/mol. The molecule has 0 bridgehead atoms. The third-order valence-corrected chi connectivity index (χ3v) is 3.69. The van der Waals surface area contributed by atoms with Crippen molar-refractivity contribution in [3.8, 4) is 5.75 Å². The van der Waals surface area contributed by atoms with E-state index in [2.05, 4.69) is 5.32 Å². The van der Waals surface area contributed by atoms with Gasteiger partial charge in [0.05, 0.1) is 13.0 Å². The molecule has 0 aliphatic carbocycles. The van der Waals surface area contributed by atoms with E-state index in [1.54, 1.807) is 6.07 Å². The Labute approximate surface area is 111 Å². The number of piperidine rings is 1. The number of ether oxygens (including phenoxy) is 1. The van der Waals surface area contributed by atoms with E-state index in [1.165, 1.54) is 19.2 Å². The summed E-state index contributed by atoms with van der Waals surface area (Å²) in [6, 6.07) is 4.46. The Balaban J connectivity index is 2.40. The Bertz CT molecular complexity index is 478. The molecule has 3 unspecified atom stereocenters. The molecule has 2 N–H and O–H groups in total. The second-order valence-electron chi connectivity index (χ2n) is 4.98. The van der Waals surface area contributed by atoms with Gasteiger partial charge in [-0.3, -0.25) is 4.79 Å². The largest absolute Gasteiger partial charge is 0.496 e. The van der Waals surface area contributed by atoms with E-state index in [0.717, 1.165) is 0 Å². The average Bonchev–Trinajstić information content (AvgIpc) is 2.38. The predicted octanol–water partition coefficient (Wildman–Crippen LogP) is 2.00. The standard InChI is InChI=1S/C14H18FNO3/c1-8-5-10(12(7-16-8)14(17)18)11-6-9(15)3-4-13(11)19-2/h3-4,6,8,10,12,16H,5,7H2,1-2H3,(H,17,18). The van der Waals surface area contributed by atoms with Crippen LogP contribution in [0.4, 0.5) is 4.39 Å². The van der Waals surface area contributed by atoms with Gasteiger partial charge in [-0.15, -0.1) is 0 Å². The second-order valence-corrected chi connectivity index (χ2v) is 4.98. The van der Waals surface area contributed by atoms with Crippen LogP contribution in [0.2, 0.25) is 0 Å². The monoisotopic (exact) mass is 267 g/mol. The maximum absolute atomic E-state index is 13.4. The first-order valence-electron chi connectivity index (χ1n) is 6.32. The number of hydrogen-bond donors (Lipinski definition) is 2. The minimum Gasteiger partial charge on any atom is -0.496 e. The van der Waals surface area contributed by atoms with Crippen molar-refractivity contribution in [1.29, 1.82) is 0 Å². The van der Waals surface area contributed by atoms with E-state index in [-0.39, 0.29) is 17.8 Å². The van der Waals surface area contributed by atoms with E-state index >= 15 is 0 Å². The molecule has 104 valence electrons. The number of benzene rings is 1. The quantitative estimate of drug-likeness (QED) is 0.879. The summed E-state index contributed by atoms with van der Waals surface area (Å²) >= 11 is 0. The molecule has 1 heterocycles. The van der Waals surface area contributed by atoms with E-state index < -0.39 is 11.9 Å². The lowest BCUT2D eigenvalue weighted by Crippen LogP contribution is -2.44. The van der Waals surface area contributed by atoms with Crippen molar-refractivity contribution in [2.75, 3.05) is 13.7 Å². The van der Waals surface area contributed by atoms with E-state index in [9.17, 15) is 14.3 Å². The Morgan fingerprint density at radius 3 is 2.89 bits per heavy atom. The van der Waals surface area contributed by atoms with Crippen LogP contribution in [0.15, 0.2) is 18.2 Å². The minimum absolute atomic E-state index is 0.202. The highest BCUT2D eigenvalue weighted by atomic mass is 19.1. The molecule has 1 aliphatic rings. The van der Waals surface area contributed by atoms with Crippen molar-refractivity contribution in [3.63, 3.8) is 0 Å². The molecule has 4 nitrogen and oxygen atoms in total. The topological polar surface area (TPSA) is 58.6 Å². The van der Waals surface area contributed by atoms with Gasteiger partial charge < -0.3 is 15.2 Å². The van der Waals surface area contributed by atoms with Crippen LogP contribution in [-0.2, 0) is 4.79 Å². The van der Waals surface area contributed by atoms with Crippen molar-refractivity contribution in [1.82, 2.24) is 5.32 Å². The van der Waals surface area contributed by atoms with Crippen LogP contribution >= 0.6 is 0 Å². The highest BCUT2D eigenvalue weighted by molar-refractivity contribution is 5.72. The van der Waals surface area contributed by atoms with E-state index in [1.807, 2.05) is 6.92 Å². The second kappa shape index (κ2) is 5.57. The molecule has 1 saturated heterocycles. The van der Waals surface area contributed by atoms with Gasteiger partial charge in [-0.1, -0.05) is 0 Å². The maximum atomic E-state index is 13.4. The van der Waals surface area contributed by atoms with Crippen LogP contribution in [0.25, 0.3) is 0 Å². The molecular formula is C14H18FNO3. The summed E-state index contributed by atoms with van der Waals surface area (Å²) in [6.45, 7) is 2.39. The molecule has 5 heteroatoms. The molecule has 1 fully saturated rings. The zero-order valence-electron chi connectivity index (χ0n) is 11.0. The Morgan fingerprint density at radius 1 is 1.53 bits per heavy atom. The number of hydrogen-bond acceptors (Lipinski definition) is 3. The third kappa shape index (κ3) is 2.87. The summed E-state index contributed by atoms with van der Waals surface area (Å²) in [7, 11) is 1.51. The highest BCUT2D eigenvalue weighted by Gasteiger charge is 2.36. The lowest BCUT2D eigenvalue weighted by atomic mass is 9.78. The number of carboxylic acids is 1. The van der Waals surface area contributed by atoms with Crippen LogP contribution in [0.3, 0.4) is 0 Å². The van der Waals surface area contributed by atoms with Crippen molar-refractivity contribution < 1.29 is 19.0 Å². The summed E-state index contributed by atoms with van der Waals surface area (Å²) in [6.07, 6.45) is 0.650. The summed E-state index contributed by atoms with van der Waals surface area (Å²) in [5, 5.41) is 12.5. The average molecular weight is 267 g/mol. The molecule has 19 heavy (non-hydrogen) atoms. The van der Waals surface area contributed by atoms with E-state index in [4.69, 9.17) is 4.74 Å². The van der Waals surface area contributed by atoms with Crippen molar-refractivity contribution >= 4 is 5.97 Å². The number of halogens is 1. The number of rotatable bonds is 3. The lowest BCUT2D eigenvalue weighted by molar-refractivity contribution is -0.143. The van der Waals surface area contributed by atoms with Gasteiger partial charge in [0, 0.05) is 24.1 Å².